The first kappa shape index (κ1) is 21.8. The highest BCUT2D eigenvalue weighted by atomic mass is 32.1. The van der Waals surface area contributed by atoms with E-state index in [2.05, 4.69) is 44.5 Å². The second kappa shape index (κ2) is 8.51. The highest BCUT2D eigenvalue weighted by Gasteiger charge is 2.16. The summed E-state index contributed by atoms with van der Waals surface area (Å²) >= 11 is 1.69. The van der Waals surface area contributed by atoms with E-state index in [-0.39, 0.29) is 0 Å². The first-order valence-corrected chi connectivity index (χ1v) is 12.0. The molecule has 6 aromatic rings. The Morgan fingerprint density at radius 3 is 2.42 bits per heavy atom. The zero-order valence-electron chi connectivity index (χ0n) is 19.2. The van der Waals surface area contributed by atoms with Gasteiger partial charge >= 0.3 is 0 Å². The molecular formula is C28H20N4O3S. The maximum Gasteiger partial charge on any atom is 0.298 e. The molecule has 0 aliphatic carbocycles. The average molecular weight is 493 g/mol. The van der Waals surface area contributed by atoms with Gasteiger partial charge in [-0.05, 0) is 67.1 Å². The Balaban J connectivity index is 1.56. The van der Waals surface area contributed by atoms with Gasteiger partial charge in [-0.1, -0.05) is 12.1 Å². The van der Waals surface area contributed by atoms with Crippen LogP contribution >= 0.6 is 11.3 Å². The fourth-order valence-corrected chi connectivity index (χ4v) is 5.59. The van der Waals surface area contributed by atoms with Gasteiger partial charge in [-0.15, -0.1) is 11.3 Å². The molecule has 8 heteroatoms. The third-order valence-electron chi connectivity index (χ3n) is 6.27. The molecule has 1 amide bonds. The van der Waals surface area contributed by atoms with Gasteiger partial charge in [0.25, 0.3) is 6.47 Å². The van der Waals surface area contributed by atoms with Crippen LogP contribution in [0.15, 0.2) is 85.2 Å². The standard InChI is InChI=1S/C28H20N4O3S/c1-17-30-12-13-31(17)27-11-10-26(36-27)19-4-8-22-23-9-7-21(35-16-33)15-25(23)32(24(22)14-19)20-5-2-18(3-6-20)28(29)34/h2-16H,1H3,(H2,29,34). The molecule has 0 bridgehead atoms. The second-order valence-electron chi connectivity index (χ2n) is 8.35. The monoisotopic (exact) mass is 492 g/mol. The average Bonchev–Trinajstić information content (AvgIpc) is 3.61. The molecule has 0 saturated heterocycles. The smallest absolute Gasteiger partial charge is 0.298 e. The Kier molecular flexibility index (Phi) is 5.16. The number of carbonyl (C=O) groups excluding carboxylic acids is 2. The minimum Gasteiger partial charge on any atom is -0.429 e. The van der Waals surface area contributed by atoms with Crippen LogP contribution in [0.3, 0.4) is 0 Å². The van der Waals surface area contributed by atoms with Gasteiger partial charge in [0.2, 0.25) is 5.91 Å². The summed E-state index contributed by atoms with van der Waals surface area (Å²) < 4.78 is 9.30. The van der Waals surface area contributed by atoms with Crippen LogP contribution in [0.4, 0.5) is 0 Å². The van der Waals surface area contributed by atoms with Crippen molar-refractivity contribution in [2.75, 3.05) is 0 Å². The summed E-state index contributed by atoms with van der Waals surface area (Å²) in [5.74, 6) is 0.912. The number of primary amides is 1. The Bertz CT molecular complexity index is 1780. The SMILES string of the molecule is Cc1nccn1-c1ccc(-c2ccc3c4ccc(OC=O)cc4n(-c4ccc(C(N)=O)cc4)c3c2)s1. The van der Waals surface area contributed by atoms with Gasteiger partial charge in [0.05, 0.1) is 11.0 Å². The van der Waals surface area contributed by atoms with Crippen molar-refractivity contribution in [1.29, 1.82) is 0 Å². The number of carbonyl (C=O) groups is 2. The van der Waals surface area contributed by atoms with Crippen molar-refractivity contribution in [3.63, 3.8) is 0 Å². The highest BCUT2D eigenvalue weighted by molar-refractivity contribution is 7.17. The number of hydrogen-bond acceptors (Lipinski definition) is 5. The number of aryl methyl sites for hydroxylation is 1. The Morgan fingerprint density at radius 1 is 0.972 bits per heavy atom. The Labute approximate surface area is 210 Å². The number of benzene rings is 3. The minimum atomic E-state index is -0.477. The van der Waals surface area contributed by atoms with Gasteiger partial charge in [-0.3, -0.25) is 14.2 Å². The maximum atomic E-state index is 11.6. The highest BCUT2D eigenvalue weighted by Crippen LogP contribution is 2.38. The van der Waals surface area contributed by atoms with E-state index in [0.717, 1.165) is 48.8 Å². The number of amides is 1. The van der Waals surface area contributed by atoms with Crippen LogP contribution in [-0.4, -0.2) is 26.5 Å². The van der Waals surface area contributed by atoms with Gasteiger partial charge in [-0.2, -0.15) is 0 Å². The van der Waals surface area contributed by atoms with Crippen molar-refractivity contribution in [2.24, 2.45) is 5.73 Å². The van der Waals surface area contributed by atoms with Gasteiger partial charge in [0, 0.05) is 45.4 Å². The molecule has 0 aliphatic rings. The summed E-state index contributed by atoms with van der Waals surface area (Å²) in [4.78, 5) is 28.0. The van der Waals surface area contributed by atoms with Crippen LogP contribution in [0.1, 0.15) is 16.2 Å². The van der Waals surface area contributed by atoms with E-state index in [1.807, 2.05) is 37.4 Å². The lowest BCUT2D eigenvalue weighted by atomic mass is 10.1. The van der Waals surface area contributed by atoms with Crippen molar-refractivity contribution in [2.45, 2.75) is 6.92 Å². The van der Waals surface area contributed by atoms with E-state index >= 15 is 0 Å². The van der Waals surface area contributed by atoms with E-state index in [1.54, 1.807) is 35.7 Å². The number of aromatic nitrogens is 3. The minimum absolute atomic E-state index is 0.421. The molecule has 0 saturated carbocycles. The van der Waals surface area contributed by atoms with Gasteiger partial charge < -0.3 is 15.0 Å². The summed E-state index contributed by atoms with van der Waals surface area (Å²) in [5, 5.41) is 3.18. The number of imidazole rings is 1. The molecule has 0 aliphatic heterocycles. The number of nitrogens with two attached hydrogens (primary N) is 1. The predicted molar refractivity (Wildman–Crippen MR) is 141 cm³/mol. The molecule has 0 radical (unpaired) electrons. The zero-order chi connectivity index (χ0) is 24.8. The molecule has 6 rings (SSSR count). The third-order valence-corrected chi connectivity index (χ3v) is 7.41. The topological polar surface area (TPSA) is 92.1 Å². The summed E-state index contributed by atoms with van der Waals surface area (Å²) in [7, 11) is 0. The van der Waals surface area contributed by atoms with Gasteiger partial charge in [0.1, 0.15) is 16.6 Å². The van der Waals surface area contributed by atoms with Crippen LogP contribution in [-0.2, 0) is 4.79 Å². The van der Waals surface area contributed by atoms with E-state index in [4.69, 9.17) is 10.5 Å². The van der Waals surface area contributed by atoms with Crippen LogP contribution in [0.25, 0.3) is 42.9 Å². The number of rotatable bonds is 6. The molecule has 0 unspecified atom stereocenters. The van der Waals surface area contributed by atoms with Gasteiger partial charge in [0.15, 0.2) is 0 Å². The first-order valence-electron chi connectivity index (χ1n) is 11.2. The molecular weight excluding hydrogens is 472 g/mol. The molecule has 176 valence electrons. The lowest BCUT2D eigenvalue weighted by molar-refractivity contribution is -0.120. The van der Waals surface area contributed by atoms with Crippen LogP contribution < -0.4 is 10.5 Å². The van der Waals surface area contributed by atoms with Crippen molar-refractivity contribution in [3.8, 4) is 26.9 Å². The predicted octanol–water partition coefficient (Wildman–Crippen LogP) is 5.64. The molecule has 3 aromatic carbocycles. The molecule has 3 aromatic heterocycles. The number of hydrogen-bond donors (Lipinski definition) is 1. The fraction of sp³-hybridized carbons (Fsp3) is 0.0357. The maximum absolute atomic E-state index is 11.6. The normalized spacial score (nSPS) is 11.2. The van der Waals surface area contributed by atoms with Crippen LogP contribution in [0.5, 0.6) is 5.75 Å². The number of nitrogens with zero attached hydrogens (tertiary/aromatic N) is 3. The molecule has 0 atom stereocenters. The van der Waals surface area contributed by atoms with Gasteiger partial charge in [-0.25, -0.2) is 4.98 Å². The number of ether oxygens (including phenoxy) is 1. The van der Waals surface area contributed by atoms with Crippen LogP contribution in [0.2, 0.25) is 0 Å². The third kappa shape index (κ3) is 3.55. The molecule has 3 heterocycles. The van der Waals surface area contributed by atoms with E-state index in [0.29, 0.717) is 17.8 Å². The molecule has 7 nitrogen and oxygen atoms in total. The summed E-state index contributed by atoms with van der Waals surface area (Å²) in [5.41, 5.74) is 9.70. The largest absolute Gasteiger partial charge is 0.429 e. The zero-order valence-corrected chi connectivity index (χ0v) is 20.0. The van der Waals surface area contributed by atoms with Crippen LogP contribution in [0, 0.1) is 6.92 Å². The summed E-state index contributed by atoms with van der Waals surface area (Å²) in [6, 6.07) is 23.3. The number of thiophene rings is 1. The van der Waals surface area contributed by atoms with Crippen molar-refractivity contribution >= 4 is 45.5 Å². The first-order chi connectivity index (χ1) is 17.5. The van der Waals surface area contributed by atoms with E-state index in [9.17, 15) is 9.59 Å². The number of fused-ring (bicyclic) bond motifs is 3. The summed E-state index contributed by atoms with van der Waals surface area (Å²) in [6.45, 7) is 2.40. The second-order valence-corrected chi connectivity index (χ2v) is 9.42. The molecule has 2 N–H and O–H groups in total. The van der Waals surface area contributed by atoms with Crippen molar-refractivity contribution in [3.05, 3.63) is 96.6 Å². The molecule has 0 spiro atoms. The van der Waals surface area contributed by atoms with E-state index < -0.39 is 5.91 Å². The fourth-order valence-electron chi connectivity index (χ4n) is 4.56. The molecule has 36 heavy (non-hydrogen) atoms. The van der Waals surface area contributed by atoms with Crippen molar-refractivity contribution in [1.82, 2.24) is 14.1 Å². The van der Waals surface area contributed by atoms with Crippen molar-refractivity contribution < 1.29 is 14.3 Å². The quantitative estimate of drug-likeness (QED) is 0.305. The lowest BCUT2D eigenvalue weighted by Gasteiger charge is -2.10. The summed E-state index contributed by atoms with van der Waals surface area (Å²) in [6.07, 6.45) is 3.76. The van der Waals surface area contributed by atoms with E-state index in [1.165, 1.54) is 0 Å². The Hall–Kier alpha value is -4.69. The molecule has 0 fully saturated rings. The lowest BCUT2D eigenvalue weighted by Crippen LogP contribution is -2.10. The Morgan fingerprint density at radius 2 is 1.72 bits per heavy atom.